The summed E-state index contributed by atoms with van der Waals surface area (Å²) in [5.74, 6) is 0. The highest BCUT2D eigenvalue weighted by molar-refractivity contribution is 6.04. The van der Waals surface area contributed by atoms with Crippen LogP contribution in [0.25, 0.3) is 132 Å². The molecule has 0 aliphatic heterocycles. The second-order valence-electron chi connectivity index (χ2n) is 25.7. The standard InChI is InChI=1S/C94H66N4/c1-63-87-61-73(45-59-91(87)97(93(63)71-25-5-3-6-26-71)79-55-51-77(52-56-79)95(89-39-19-31-67-23-11-15-35-85(67)89)75-47-41-69(42-48-75)83-37-17-29-65-21-9-13-33-81(65)83)74-46-60-92-88(62-74)64(2)94(72-27-7-4-8-28-72)98(92)80-57-53-78(54-58-80)96(90-40-20-32-68-24-12-16-36-86(68)90)76-49-43-70(44-50-76)84-38-18-30-66-22-10-14-34-82(66)84/h3-62H,1-2H3. The Balaban J connectivity index is 0.717. The predicted octanol–water partition coefficient (Wildman–Crippen LogP) is 26.1. The molecule has 0 aliphatic rings. The van der Waals surface area contributed by atoms with E-state index in [1.165, 1.54) is 121 Å². The van der Waals surface area contributed by atoms with Gasteiger partial charge < -0.3 is 18.9 Å². The van der Waals surface area contributed by atoms with Gasteiger partial charge >= 0.3 is 0 Å². The van der Waals surface area contributed by atoms with Gasteiger partial charge in [0, 0.05) is 55.7 Å². The number of anilines is 6. The third-order valence-electron chi connectivity index (χ3n) is 20.1. The molecule has 16 aromatic carbocycles. The Labute approximate surface area is 570 Å². The van der Waals surface area contributed by atoms with E-state index in [4.69, 9.17) is 0 Å². The first kappa shape index (κ1) is 57.9. The smallest absolute Gasteiger partial charge is 0.0570 e. The maximum Gasteiger partial charge on any atom is 0.0570 e. The van der Waals surface area contributed by atoms with Crippen LogP contribution < -0.4 is 9.80 Å². The Bertz CT molecular complexity index is 5650. The van der Waals surface area contributed by atoms with Crippen molar-refractivity contribution in [3.05, 3.63) is 375 Å². The van der Waals surface area contributed by atoms with E-state index in [-0.39, 0.29) is 0 Å². The van der Waals surface area contributed by atoms with E-state index < -0.39 is 0 Å². The van der Waals surface area contributed by atoms with Crippen LogP contribution in [-0.2, 0) is 0 Å². The van der Waals surface area contributed by atoms with Crippen molar-refractivity contribution in [3.8, 4) is 67.3 Å². The molecule has 98 heavy (non-hydrogen) atoms. The van der Waals surface area contributed by atoms with Crippen molar-refractivity contribution in [3.63, 3.8) is 0 Å². The molecule has 0 spiro atoms. The van der Waals surface area contributed by atoms with Crippen molar-refractivity contribution in [1.82, 2.24) is 9.13 Å². The fourth-order valence-corrected chi connectivity index (χ4v) is 15.4. The highest BCUT2D eigenvalue weighted by Gasteiger charge is 2.24. The molecule has 462 valence electrons. The number of nitrogens with zero attached hydrogens (tertiary/aromatic N) is 4. The molecule has 2 aromatic heterocycles. The quantitative estimate of drug-likeness (QED) is 0.114. The van der Waals surface area contributed by atoms with Gasteiger partial charge in [0.2, 0.25) is 0 Å². The van der Waals surface area contributed by atoms with E-state index in [9.17, 15) is 0 Å². The first-order valence-electron chi connectivity index (χ1n) is 33.8. The molecule has 0 saturated heterocycles. The second-order valence-corrected chi connectivity index (χ2v) is 25.7. The average molecular weight is 1250 g/mol. The largest absolute Gasteiger partial charge is 0.310 e. The number of hydrogen-bond acceptors (Lipinski definition) is 2. The van der Waals surface area contributed by atoms with Crippen LogP contribution >= 0.6 is 0 Å². The highest BCUT2D eigenvalue weighted by Crippen LogP contribution is 2.46. The van der Waals surface area contributed by atoms with Gasteiger partial charge in [0.15, 0.2) is 0 Å². The lowest BCUT2D eigenvalue weighted by molar-refractivity contribution is 1.12. The maximum absolute atomic E-state index is 2.46. The number of rotatable bonds is 13. The summed E-state index contributed by atoms with van der Waals surface area (Å²) in [6.45, 7) is 4.58. The highest BCUT2D eigenvalue weighted by atomic mass is 15.2. The lowest BCUT2D eigenvalue weighted by atomic mass is 9.98. The first-order chi connectivity index (χ1) is 48.5. The maximum atomic E-state index is 2.46. The van der Waals surface area contributed by atoms with E-state index in [0.29, 0.717) is 0 Å². The minimum absolute atomic E-state index is 1.07. The number of fused-ring (bicyclic) bond motifs is 6. The molecule has 0 N–H and O–H groups in total. The molecule has 2 heterocycles. The van der Waals surface area contributed by atoms with Gasteiger partial charge in [-0.25, -0.2) is 0 Å². The molecule has 0 radical (unpaired) electrons. The van der Waals surface area contributed by atoms with E-state index >= 15 is 0 Å². The van der Waals surface area contributed by atoms with E-state index in [0.717, 1.165) is 56.5 Å². The normalized spacial score (nSPS) is 11.6. The van der Waals surface area contributed by atoms with Crippen molar-refractivity contribution < 1.29 is 0 Å². The summed E-state index contributed by atoms with van der Waals surface area (Å²) < 4.78 is 4.92. The van der Waals surface area contributed by atoms with Crippen LogP contribution in [0, 0.1) is 13.8 Å². The van der Waals surface area contributed by atoms with E-state index in [2.05, 4.69) is 397 Å². The first-order valence-corrected chi connectivity index (χ1v) is 33.8. The van der Waals surface area contributed by atoms with Gasteiger partial charge in [-0.05, 0) is 211 Å². The van der Waals surface area contributed by atoms with Crippen molar-refractivity contribution >= 4 is 99.0 Å². The van der Waals surface area contributed by atoms with Gasteiger partial charge in [-0.15, -0.1) is 0 Å². The van der Waals surface area contributed by atoms with Crippen molar-refractivity contribution in [2.75, 3.05) is 9.80 Å². The molecule has 18 rings (SSSR count). The number of benzene rings is 16. The number of aromatic nitrogens is 2. The van der Waals surface area contributed by atoms with Crippen LogP contribution in [0.3, 0.4) is 0 Å². The molecule has 0 amide bonds. The van der Waals surface area contributed by atoms with Gasteiger partial charge in [0.25, 0.3) is 0 Å². The van der Waals surface area contributed by atoms with Crippen LogP contribution in [0.5, 0.6) is 0 Å². The molecular weight excluding hydrogens is 1190 g/mol. The zero-order valence-corrected chi connectivity index (χ0v) is 54.4. The Hall–Kier alpha value is -12.8. The van der Waals surface area contributed by atoms with Crippen LogP contribution in [0.15, 0.2) is 364 Å². The van der Waals surface area contributed by atoms with Crippen LogP contribution in [-0.4, -0.2) is 9.13 Å². The summed E-state index contributed by atoms with van der Waals surface area (Å²) in [6, 6.07) is 133. The lowest BCUT2D eigenvalue weighted by Gasteiger charge is -2.27. The SMILES string of the molecule is Cc1c(-c2ccccc2)n(-c2ccc(N(c3ccc(-c4cccc5ccccc45)cc3)c3cccc4ccccc34)cc2)c2ccc(-c3ccc4c(c3)c(C)c(-c3ccccc3)n4-c3ccc(N(c4ccc(-c5cccc6ccccc56)cc4)c4cccc5ccccc45)cc3)cc12. The Morgan fingerprint density at radius 1 is 0.214 bits per heavy atom. The van der Waals surface area contributed by atoms with Crippen molar-refractivity contribution in [2.45, 2.75) is 13.8 Å². The predicted molar refractivity (Wildman–Crippen MR) is 416 cm³/mol. The van der Waals surface area contributed by atoms with Crippen molar-refractivity contribution in [1.29, 1.82) is 0 Å². The fourth-order valence-electron chi connectivity index (χ4n) is 15.4. The molecular formula is C94H66N4. The van der Waals surface area contributed by atoms with Crippen LogP contribution in [0.4, 0.5) is 34.1 Å². The molecule has 18 aromatic rings. The summed E-state index contributed by atoms with van der Waals surface area (Å²) >= 11 is 0. The van der Waals surface area contributed by atoms with Gasteiger partial charge in [-0.1, -0.05) is 255 Å². The Kier molecular flexibility index (Phi) is 14.3. The van der Waals surface area contributed by atoms with E-state index in [1.807, 2.05) is 0 Å². The summed E-state index contributed by atoms with van der Waals surface area (Å²) in [5.41, 5.74) is 25.4. The zero-order valence-electron chi connectivity index (χ0n) is 54.4. The second kappa shape index (κ2) is 24.2. The average Bonchev–Trinajstić information content (AvgIpc) is 1.53. The summed E-state index contributed by atoms with van der Waals surface area (Å²) in [4.78, 5) is 4.81. The monoisotopic (exact) mass is 1250 g/mol. The number of aryl methyl sites for hydroxylation is 2. The molecule has 0 fully saturated rings. The third-order valence-corrected chi connectivity index (χ3v) is 20.1. The lowest BCUT2D eigenvalue weighted by Crippen LogP contribution is -2.10. The van der Waals surface area contributed by atoms with Crippen molar-refractivity contribution in [2.24, 2.45) is 0 Å². The van der Waals surface area contributed by atoms with Gasteiger partial charge in [-0.2, -0.15) is 0 Å². The Morgan fingerprint density at radius 3 is 0.888 bits per heavy atom. The molecule has 0 aliphatic carbocycles. The minimum Gasteiger partial charge on any atom is -0.310 e. The topological polar surface area (TPSA) is 16.3 Å². The molecule has 0 bridgehead atoms. The zero-order chi connectivity index (χ0) is 65.2. The number of hydrogen-bond donors (Lipinski definition) is 0. The molecule has 0 saturated carbocycles. The fraction of sp³-hybridized carbons (Fsp3) is 0.0213. The third kappa shape index (κ3) is 10.0. The molecule has 4 heteroatoms. The van der Waals surface area contributed by atoms with E-state index in [1.54, 1.807) is 0 Å². The van der Waals surface area contributed by atoms with Gasteiger partial charge in [0.1, 0.15) is 0 Å². The Morgan fingerprint density at radius 2 is 0.510 bits per heavy atom. The summed E-state index contributed by atoms with van der Waals surface area (Å²) in [5, 5.41) is 12.2. The molecule has 0 atom stereocenters. The van der Waals surface area contributed by atoms with Gasteiger partial charge in [-0.3, -0.25) is 0 Å². The molecule has 4 nitrogen and oxygen atoms in total. The molecule has 0 unspecified atom stereocenters. The van der Waals surface area contributed by atoms with Gasteiger partial charge in [0.05, 0.1) is 33.8 Å². The van der Waals surface area contributed by atoms with Crippen LogP contribution in [0.2, 0.25) is 0 Å². The summed E-state index contributed by atoms with van der Waals surface area (Å²) in [7, 11) is 0. The minimum atomic E-state index is 1.07. The van der Waals surface area contributed by atoms with Crippen LogP contribution in [0.1, 0.15) is 11.1 Å². The summed E-state index contributed by atoms with van der Waals surface area (Å²) in [6.07, 6.45) is 0.